The summed E-state index contributed by atoms with van der Waals surface area (Å²) in [6, 6.07) is 7.57. The first-order chi connectivity index (χ1) is 8.29. The van der Waals surface area contributed by atoms with Gasteiger partial charge in [0.25, 0.3) is 5.91 Å². The number of amides is 1. The molecule has 1 N–H and O–H groups in total. The molecule has 0 bridgehead atoms. The molecule has 88 valence electrons. The van der Waals surface area contributed by atoms with Gasteiger partial charge in [0.15, 0.2) is 0 Å². The third kappa shape index (κ3) is 3.28. The van der Waals surface area contributed by atoms with Crippen LogP contribution < -0.4 is 5.32 Å². The third-order valence-electron chi connectivity index (χ3n) is 2.11. The molecule has 2 rings (SSSR count). The molecule has 1 heterocycles. The van der Waals surface area contributed by atoms with E-state index in [1.54, 1.807) is 17.3 Å². The molecule has 17 heavy (non-hydrogen) atoms. The van der Waals surface area contributed by atoms with Gasteiger partial charge in [-0.3, -0.25) is 10.1 Å². The Morgan fingerprint density at radius 3 is 2.76 bits per heavy atom. The van der Waals surface area contributed by atoms with Gasteiger partial charge in [-0.15, -0.1) is 10.2 Å². The summed E-state index contributed by atoms with van der Waals surface area (Å²) in [6.07, 6.45) is 2.05. The molecule has 1 aromatic heterocycles. The van der Waals surface area contributed by atoms with Gasteiger partial charge in [-0.05, 0) is 24.0 Å². The maximum Gasteiger partial charge on any atom is 0.257 e. The van der Waals surface area contributed by atoms with Crippen molar-refractivity contribution in [2.24, 2.45) is 0 Å². The van der Waals surface area contributed by atoms with Crippen LogP contribution in [0.25, 0.3) is 0 Å². The fourth-order valence-electron chi connectivity index (χ4n) is 1.32. The largest absolute Gasteiger partial charge is 0.296 e. The van der Waals surface area contributed by atoms with Gasteiger partial charge in [-0.25, -0.2) is 0 Å². The molecule has 0 atom stereocenters. The third-order valence-corrected chi connectivity index (χ3v) is 3.34. The van der Waals surface area contributed by atoms with E-state index in [4.69, 9.17) is 0 Å². The van der Waals surface area contributed by atoms with Gasteiger partial charge >= 0.3 is 0 Å². The van der Waals surface area contributed by atoms with E-state index in [0.717, 1.165) is 5.75 Å². The number of carbonyl (C=O) groups is 1. The van der Waals surface area contributed by atoms with E-state index >= 15 is 0 Å². The summed E-state index contributed by atoms with van der Waals surface area (Å²) in [7, 11) is 0. The predicted octanol–water partition coefficient (Wildman–Crippen LogP) is 2.65. The second-order valence-electron chi connectivity index (χ2n) is 3.33. The summed E-state index contributed by atoms with van der Waals surface area (Å²) in [5, 5.41) is 10.6. The van der Waals surface area contributed by atoms with Gasteiger partial charge in [0.2, 0.25) is 5.13 Å². The maximum atomic E-state index is 11.8. The average molecular weight is 265 g/mol. The van der Waals surface area contributed by atoms with Crippen molar-refractivity contribution in [3.05, 3.63) is 40.9 Å². The van der Waals surface area contributed by atoms with Crippen LogP contribution in [0.5, 0.6) is 0 Å². The lowest BCUT2D eigenvalue weighted by molar-refractivity contribution is 0.102. The minimum atomic E-state index is -0.155. The van der Waals surface area contributed by atoms with Crippen LogP contribution in [0.2, 0.25) is 0 Å². The molecule has 0 unspecified atom stereocenters. The fraction of sp³-hybridized carbons (Fsp3) is 0.182. The number of nitrogens with one attached hydrogen (secondary N) is 1. The molecular formula is C11H11N3OS2. The Morgan fingerprint density at radius 2 is 2.18 bits per heavy atom. The van der Waals surface area contributed by atoms with Gasteiger partial charge < -0.3 is 0 Å². The Labute approximate surface area is 107 Å². The Bertz CT molecular complexity index is 482. The number of hydrogen-bond acceptors (Lipinski definition) is 5. The minimum Gasteiger partial charge on any atom is -0.296 e. The molecule has 0 aliphatic heterocycles. The highest BCUT2D eigenvalue weighted by Gasteiger charge is 2.07. The summed E-state index contributed by atoms with van der Waals surface area (Å²) in [5.41, 5.74) is 3.42. The van der Waals surface area contributed by atoms with Crippen molar-refractivity contribution in [2.75, 3.05) is 11.6 Å². The van der Waals surface area contributed by atoms with Crippen LogP contribution in [0, 0.1) is 0 Å². The standard InChI is InChI=1S/C11H11N3OS2/c1-16-6-8-2-4-9(5-3-8)10(15)13-11-14-12-7-17-11/h2-5,7H,6H2,1H3,(H,13,14,15). The highest BCUT2D eigenvalue weighted by atomic mass is 32.2. The molecule has 0 aliphatic rings. The number of rotatable bonds is 4. The number of anilines is 1. The molecule has 6 heteroatoms. The molecule has 1 aromatic carbocycles. The number of hydrogen-bond donors (Lipinski definition) is 1. The summed E-state index contributed by atoms with van der Waals surface area (Å²) < 4.78 is 0. The van der Waals surface area contributed by atoms with Crippen molar-refractivity contribution in [2.45, 2.75) is 5.75 Å². The smallest absolute Gasteiger partial charge is 0.257 e. The van der Waals surface area contributed by atoms with Crippen LogP contribution in [0.4, 0.5) is 5.13 Å². The Hall–Kier alpha value is -1.40. The number of carbonyl (C=O) groups excluding carboxylic acids is 1. The van der Waals surface area contributed by atoms with Crippen LogP contribution in [0.15, 0.2) is 29.8 Å². The SMILES string of the molecule is CSCc1ccc(C(=O)Nc2nncs2)cc1. The van der Waals surface area contributed by atoms with Gasteiger partial charge in [-0.2, -0.15) is 11.8 Å². The Morgan fingerprint density at radius 1 is 1.41 bits per heavy atom. The zero-order chi connectivity index (χ0) is 12.1. The lowest BCUT2D eigenvalue weighted by Crippen LogP contribution is -2.11. The molecule has 0 aliphatic carbocycles. The average Bonchev–Trinajstić information content (AvgIpc) is 2.83. The van der Waals surface area contributed by atoms with Crippen molar-refractivity contribution in [1.82, 2.24) is 10.2 Å². The molecule has 0 radical (unpaired) electrons. The van der Waals surface area contributed by atoms with Crippen LogP contribution in [-0.4, -0.2) is 22.4 Å². The van der Waals surface area contributed by atoms with Gasteiger partial charge in [0.1, 0.15) is 5.51 Å². The number of thioether (sulfide) groups is 1. The number of aromatic nitrogens is 2. The molecule has 2 aromatic rings. The lowest BCUT2D eigenvalue weighted by atomic mass is 10.1. The van der Waals surface area contributed by atoms with E-state index in [2.05, 4.69) is 21.8 Å². The first-order valence-electron chi connectivity index (χ1n) is 4.95. The summed E-state index contributed by atoms with van der Waals surface area (Å²) >= 11 is 3.06. The molecule has 1 amide bonds. The zero-order valence-corrected chi connectivity index (χ0v) is 10.8. The fourth-order valence-corrected chi connectivity index (χ4v) is 2.28. The quantitative estimate of drug-likeness (QED) is 0.923. The highest BCUT2D eigenvalue weighted by molar-refractivity contribution is 7.97. The molecule has 0 spiro atoms. The van der Waals surface area contributed by atoms with Gasteiger partial charge in [0.05, 0.1) is 0 Å². The Kier molecular flexibility index (Phi) is 4.11. The van der Waals surface area contributed by atoms with Gasteiger partial charge in [0, 0.05) is 11.3 Å². The lowest BCUT2D eigenvalue weighted by Gasteiger charge is -2.02. The van der Waals surface area contributed by atoms with Crippen LogP contribution in [0.3, 0.4) is 0 Å². The predicted molar refractivity (Wildman–Crippen MR) is 71.5 cm³/mol. The monoisotopic (exact) mass is 265 g/mol. The topological polar surface area (TPSA) is 54.9 Å². The van der Waals surface area contributed by atoms with Crippen molar-refractivity contribution >= 4 is 34.1 Å². The minimum absolute atomic E-state index is 0.155. The van der Waals surface area contributed by atoms with E-state index in [1.807, 2.05) is 24.3 Å². The second-order valence-corrected chi connectivity index (χ2v) is 5.03. The van der Waals surface area contributed by atoms with Crippen LogP contribution in [0.1, 0.15) is 15.9 Å². The van der Waals surface area contributed by atoms with E-state index in [-0.39, 0.29) is 5.91 Å². The van der Waals surface area contributed by atoms with Crippen molar-refractivity contribution in [3.8, 4) is 0 Å². The molecule has 4 nitrogen and oxygen atoms in total. The van der Waals surface area contributed by atoms with E-state index in [9.17, 15) is 4.79 Å². The van der Waals surface area contributed by atoms with Crippen molar-refractivity contribution in [1.29, 1.82) is 0 Å². The Balaban J connectivity index is 2.04. The highest BCUT2D eigenvalue weighted by Crippen LogP contribution is 2.13. The van der Waals surface area contributed by atoms with Crippen molar-refractivity contribution < 1.29 is 4.79 Å². The second kappa shape index (κ2) is 5.79. The summed E-state index contributed by atoms with van der Waals surface area (Å²) in [6.45, 7) is 0. The normalized spacial score (nSPS) is 10.2. The zero-order valence-electron chi connectivity index (χ0n) is 9.21. The maximum absolute atomic E-state index is 11.8. The summed E-state index contributed by atoms with van der Waals surface area (Å²) in [5.74, 6) is 0.802. The molecule has 0 saturated heterocycles. The van der Waals surface area contributed by atoms with E-state index in [0.29, 0.717) is 10.7 Å². The van der Waals surface area contributed by atoms with Crippen LogP contribution >= 0.6 is 23.1 Å². The number of benzene rings is 1. The first kappa shape index (κ1) is 12.1. The first-order valence-corrected chi connectivity index (χ1v) is 7.22. The van der Waals surface area contributed by atoms with E-state index < -0.39 is 0 Å². The number of nitrogens with zero attached hydrogens (tertiary/aromatic N) is 2. The van der Waals surface area contributed by atoms with Gasteiger partial charge in [-0.1, -0.05) is 23.5 Å². The molecule has 0 fully saturated rings. The van der Waals surface area contributed by atoms with Crippen molar-refractivity contribution in [3.63, 3.8) is 0 Å². The van der Waals surface area contributed by atoms with Crippen LogP contribution in [-0.2, 0) is 5.75 Å². The summed E-state index contributed by atoms with van der Waals surface area (Å²) in [4.78, 5) is 11.8. The molecular weight excluding hydrogens is 254 g/mol. The molecule has 0 saturated carbocycles. The van der Waals surface area contributed by atoms with E-state index in [1.165, 1.54) is 16.9 Å².